The maximum Gasteiger partial charge on any atom is 0.266 e. The quantitative estimate of drug-likeness (QED) is 0.316. The van der Waals surface area contributed by atoms with Crippen LogP contribution in [0.25, 0.3) is 6.08 Å². The molecule has 0 heterocycles. The van der Waals surface area contributed by atoms with Crippen LogP contribution in [0.1, 0.15) is 22.3 Å². The minimum absolute atomic E-state index is 0.102. The lowest BCUT2D eigenvalue weighted by atomic mass is 10.1. The minimum Gasteiger partial charge on any atom is -0.486 e. The van der Waals surface area contributed by atoms with Gasteiger partial charge in [-0.15, -0.1) is 0 Å². The second-order valence-electron chi connectivity index (χ2n) is 7.15. The number of halogens is 3. The third-order valence-electron chi connectivity index (χ3n) is 4.76. The molecule has 0 atom stereocenters. The van der Waals surface area contributed by atoms with E-state index < -0.39 is 5.91 Å². The van der Waals surface area contributed by atoms with Gasteiger partial charge in [-0.1, -0.05) is 41.4 Å². The zero-order valence-electron chi connectivity index (χ0n) is 17.4. The fourth-order valence-corrected chi connectivity index (χ4v) is 3.48. The summed E-state index contributed by atoms with van der Waals surface area (Å²) in [7, 11) is 0. The summed E-state index contributed by atoms with van der Waals surface area (Å²) in [5, 5.41) is 12.6. The van der Waals surface area contributed by atoms with Crippen molar-refractivity contribution in [1.82, 2.24) is 0 Å². The average molecular weight is 469 g/mol. The second kappa shape index (κ2) is 10.3. The molecule has 32 heavy (non-hydrogen) atoms. The molecule has 0 spiro atoms. The van der Waals surface area contributed by atoms with E-state index in [2.05, 4.69) is 5.32 Å². The van der Waals surface area contributed by atoms with Crippen LogP contribution < -0.4 is 10.1 Å². The van der Waals surface area contributed by atoms with Crippen molar-refractivity contribution in [1.29, 1.82) is 5.26 Å². The number of ether oxygens (including phenoxy) is 1. The Bertz CT molecular complexity index is 1210. The largest absolute Gasteiger partial charge is 0.486 e. The monoisotopic (exact) mass is 468 g/mol. The van der Waals surface area contributed by atoms with Crippen LogP contribution in [0.3, 0.4) is 0 Å². The SMILES string of the molecule is Cc1ccc(NC(=O)/C(C#N)=C/c2cc(Cl)c(OCc3ccc(F)cc3)c(Cl)c2)cc1C. The Morgan fingerprint density at radius 1 is 1.06 bits per heavy atom. The van der Waals surface area contributed by atoms with Crippen LogP contribution in [0.2, 0.25) is 10.0 Å². The molecule has 4 nitrogen and oxygen atoms in total. The predicted molar refractivity (Wildman–Crippen MR) is 125 cm³/mol. The summed E-state index contributed by atoms with van der Waals surface area (Å²) in [6.45, 7) is 4.06. The summed E-state index contributed by atoms with van der Waals surface area (Å²) in [4.78, 5) is 12.5. The summed E-state index contributed by atoms with van der Waals surface area (Å²) in [6, 6.07) is 16.4. The van der Waals surface area contributed by atoms with Gasteiger partial charge in [0.1, 0.15) is 24.1 Å². The van der Waals surface area contributed by atoms with E-state index in [4.69, 9.17) is 27.9 Å². The number of anilines is 1. The normalized spacial score (nSPS) is 11.1. The molecule has 1 amide bonds. The number of hydrogen-bond donors (Lipinski definition) is 1. The number of benzene rings is 3. The van der Waals surface area contributed by atoms with Crippen LogP contribution in [0, 0.1) is 31.0 Å². The third-order valence-corrected chi connectivity index (χ3v) is 5.32. The number of carbonyl (C=O) groups excluding carboxylic acids is 1. The Labute approximate surface area is 195 Å². The lowest BCUT2D eigenvalue weighted by Crippen LogP contribution is -2.13. The van der Waals surface area contributed by atoms with Gasteiger partial charge in [0, 0.05) is 5.69 Å². The van der Waals surface area contributed by atoms with Gasteiger partial charge in [0.05, 0.1) is 10.0 Å². The lowest BCUT2D eigenvalue weighted by Gasteiger charge is -2.11. The van der Waals surface area contributed by atoms with Crippen LogP contribution in [-0.2, 0) is 11.4 Å². The number of hydrogen-bond acceptors (Lipinski definition) is 3. The fourth-order valence-electron chi connectivity index (χ4n) is 2.87. The van der Waals surface area contributed by atoms with Gasteiger partial charge >= 0.3 is 0 Å². The van der Waals surface area contributed by atoms with Crippen molar-refractivity contribution >= 4 is 40.9 Å². The average Bonchev–Trinajstić information content (AvgIpc) is 2.75. The van der Waals surface area contributed by atoms with Crippen molar-refractivity contribution in [3.63, 3.8) is 0 Å². The first-order valence-electron chi connectivity index (χ1n) is 9.63. The smallest absolute Gasteiger partial charge is 0.266 e. The van der Waals surface area contributed by atoms with Crippen LogP contribution in [0.5, 0.6) is 5.75 Å². The maximum absolute atomic E-state index is 13.0. The van der Waals surface area contributed by atoms with Gasteiger partial charge in [-0.2, -0.15) is 5.26 Å². The number of amides is 1. The second-order valence-corrected chi connectivity index (χ2v) is 7.97. The highest BCUT2D eigenvalue weighted by Gasteiger charge is 2.13. The van der Waals surface area contributed by atoms with Crippen molar-refractivity contribution in [2.75, 3.05) is 5.32 Å². The highest BCUT2D eigenvalue weighted by molar-refractivity contribution is 6.37. The van der Waals surface area contributed by atoms with E-state index in [-0.39, 0.29) is 33.8 Å². The molecule has 0 fully saturated rings. The van der Waals surface area contributed by atoms with Crippen molar-refractivity contribution in [3.8, 4) is 11.8 Å². The number of rotatable bonds is 6. The molecule has 7 heteroatoms. The highest BCUT2D eigenvalue weighted by atomic mass is 35.5. The summed E-state index contributed by atoms with van der Waals surface area (Å²) < 4.78 is 18.7. The molecule has 1 N–H and O–H groups in total. The van der Waals surface area contributed by atoms with Gasteiger partial charge in [0.2, 0.25) is 0 Å². The summed E-state index contributed by atoms with van der Waals surface area (Å²) in [5.74, 6) is -0.622. The number of carbonyl (C=O) groups is 1. The van der Waals surface area contributed by atoms with E-state index in [1.54, 1.807) is 30.3 Å². The topological polar surface area (TPSA) is 62.1 Å². The van der Waals surface area contributed by atoms with Gasteiger partial charge in [-0.25, -0.2) is 4.39 Å². The van der Waals surface area contributed by atoms with E-state index in [0.717, 1.165) is 16.7 Å². The molecule has 0 aromatic heterocycles. The Balaban J connectivity index is 1.77. The molecular weight excluding hydrogens is 450 g/mol. The molecule has 3 aromatic carbocycles. The van der Waals surface area contributed by atoms with Gasteiger partial charge in [0.25, 0.3) is 5.91 Å². The zero-order chi connectivity index (χ0) is 23.3. The molecule has 162 valence electrons. The molecule has 0 aliphatic rings. The molecule has 3 rings (SSSR count). The Morgan fingerprint density at radius 3 is 2.31 bits per heavy atom. The Hall–Kier alpha value is -3.33. The van der Waals surface area contributed by atoms with Gasteiger partial charge in [0.15, 0.2) is 5.75 Å². The fraction of sp³-hybridized carbons (Fsp3) is 0.120. The number of aryl methyl sites for hydroxylation is 2. The molecule has 0 radical (unpaired) electrons. The number of nitrogens with zero attached hydrogens (tertiary/aromatic N) is 1. The van der Waals surface area contributed by atoms with Crippen molar-refractivity contribution in [2.24, 2.45) is 0 Å². The first-order valence-corrected chi connectivity index (χ1v) is 10.4. The van der Waals surface area contributed by atoms with E-state index in [1.165, 1.54) is 18.2 Å². The Kier molecular flexibility index (Phi) is 7.53. The van der Waals surface area contributed by atoms with Gasteiger partial charge in [-0.05, 0) is 78.6 Å². The van der Waals surface area contributed by atoms with Crippen LogP contribution in [-0.4, -0.2) is 5.91 Å². The van der Waals surface area contributed by atoms with Crippen molar-refractivity contribution in [2.45, 2.75) is 20.5 Å². The molecule has 0 bridgehead atoms. The lowest BCUT2D eigenvalue weighted by molar-refractivity contribution is -0.112. The molecule has 3 aromatic rings. The third kappa shape index (κ3) is 5.88. The van der Waals surface area contributed by atoms with E-state index >= 15 is 0 Å². The molecule has 0 aliphatic heterocycles. The van der Waals surface area contributed by atoms with Crippen LogP contribution in [0.15, 0.2) is 60.2 Å². The van der Waals surface area contributed by atoms with E-state index in [1.807, 2.05) is 32.0 Å². The van der Waals surface area contributed by atoms with Gasteiger partial charge < -0.3 is 10.1 Å². The van der Waals surface area contributed by atoms with Crippen molar-refractivity contribution < 1.29 is 13.9 Å². The number of nitrogens with one attached hydrogen (secondary N) is 1. The molecular formula is C25H19Cl2FN2O2. The van der Waals surface area contributed by atoms with E-state index in [9.17, 15) is 14.4 Å². The standard InChI is InChI=1S/C25H19Cl2FN2O2/c1-15-3-8-21(9-16(15)2)30-25(31)19(13-29)10-18-11-22(26)24(23(27)12-18)32-14-17-4-6-20(28)7-5-17/h3-12H,14H2,1-2H3,(H,30,31)/b19-10+. The molecule has 0 unspecified atom stereocenters. The van der Waals surface area contributed by atoms with E-state index in [0.29, 0.717) is 11.3 Å². The minimum atomic E-state index is -0.542. The van der Waals surface area contributed by atoms with Gasteiger partial charge in [-0.3, -0.25) is 4.79 Å². The summed E-state index contributed by atoms with van der Waals surface area (Å²) in [5.41, 5.74) is 3.85. The maximum atomic E-state index is 13.0. The Morgan fingerprint density at radius 2 is 1.72 bits per heavy atom. The number of nitriles is 1. The molecule has 0 saturated heterocycles. The first-order chi connectivity index (χ1) is 15.3. The van der Waals surface area contributed by atoms with Crippen LogP contribution in [0.4, 0.5) is 10.1 Å². The molecule has 0 aliphatic carbocycles. The highest BCUT2D eigenvalue weighted by Crippen LogP contribution is 2.35. The van der Waals surface area contributed by atoms with Crippen LogP contribution >= 0.6 is 23.2 Å². The predicted octanol–water partition coefficient (Wildman–Crippen LogP) is 6.87. The summed E-state index contributed by atoms with van der Waals surface area (Å²) >= 11 is 12.6. The molecule has 0 saturated carbocycles. The first kappa shape index (κ1) is 23.3. The van der Waals surface area contributed by atoms with Crippen molar-refractivity contribution in [3.05, 3.63) is 98.3 Å². The summed E-state index contributed by atoms with van der Waals surface area (Å²) in [6.07, 6.45) is 1.40. The zero-order valence-corrected chi connectivity index (χ0v) is 18.9.